The summed E-state index contributed by atoms with van der Waals surface area (Å²) in [6.45, 7) is 0. The van der Waals surface area contributed by atoms with Crippen LogP contribution in [-0.4, -0.2) is 10.9 Å². The van der Waals surface area contributed by atoms with Crippen LogP contribution in [0.1, 0.15) is 5.56 Å². The van der Waals surface area contributed by atoms with Crippen molar-refractivity contribution in [3.63, 3.8) is 0 Å². The van der Waals surface area contributed by atoms with Gasteiger partial charge in [0.25, 0.3) is 0 Å². The van der Waals surface area contributed by atoms with Gasteiger partial charge in [-0.25, -0.2) is 4.98 Å². The quantitative estimate of drug-likeness (QED) is 0.757. The zero-order valence-corrected chi connectivity index (χ0v) is 13.2. The Morgan fingerprint density at radius 1 is 1.09 bits per heavy atom. The summed E-state index contributed by atoms with van der Waals surface area (Å²) >= 11 is 7.29. The fourth-order valence-electron chi connectivity index (χ4n) is 2.03. The molecule has 0 bridgehead atoms. The van der Waals surface area contributed by atoms with Gasteiger partial charge in [0.15, 0.2) is 5.13 Å². The molecule has 110 valence electrons. The molecule has 0 saturated heterocycles. The van der Waals surface area contributed by atoms with Gasteiger partial charge in [-0.3, -0.25) is 4.79 Å². The van der Waals surface area contributed by atoms with Gasteiger partial charge in [-0.15, -0.1) is 11.3 Å². The molecule has 0 aliphatic heterocycles. The Balaban J connectivity index is 1.66. The highest BCUT2D eigenvalue weighted by molar-refractivity contribution is 7.14. The van der Waals surface area contributed by atoms with E-state index in [1.807, 2.05) is 60.0 Å². The molecule has 0 atom stereocenters. The van der Waals surface area contributed by atoms with Crippen LogP contribution >= 0.6 is 22.9 Å². The van der Waals surface area contributed by atoms with E-state index in [0.29, 0.717) is 16.6 Å². The Kier molecular flexibility index (Phi) is 4.51. The monoisotopic (exact) mass is 328 g/mol. The molecule has 0 spiro atoms. The number of anilines is 1. The average Bonchev–Trinajstić information content (AvgIpc) is 2.97. The van der Waals surface area contributed by atoms with Gasteiger partial charge >= 0.3 is 0 Å². The fourth-order valence-corrected chi connectivity index (χ4v) is 2.89. The van der Waals surface area contributed by atoms with E-state index in [2.05, 4.69) is 10.3 Å². The van der Waals surface area contributed by atoms with Crippen molar-refractivity contribution in [2.75, 3.05) is 5.32 Å². The van der Waals surface area contributed by atoms with Gasteiger partial charge in [0.2, 0.25) is 5.91 Å². The maximum atomic E-state index is 12.0. The van der Waals surface area contributed by atoms with Gasteiger partial charge in [-0.1, -0.05) is 54.1 Å². The fraction of sp³-hybridized carbons (Fsp3) is 0.0588. The van der Waals surface area contributed by atoms with Gasteiger partial charge in [0.1, 0.15) is 0 Å². The van der Waals surface area contributed by atoms with Crippen molar-refractivity contribution in [2.45, 2.75) is 6.42 Å². The van der Waals surface area contributed by atoms with Crippen molar-refractivity contribution in [1.82, 2.24) is 4.98 Å². The first kappa shape index (κ1) is 14.8. The molecular weight excluding hydrogens is 316 g/mol. The lowest BCUT2D eigenvalue weighted by molar-refractivity contribution is -0.115. The summed E-state index contributed by atoms with van der Waals surface area (Å²) in [6.07, 6.45) is 0.344. The molecule has 22 heavy (non-hydrogen) atoms. The maximum absolute atomic E-state index is 12.0. The van der Waals surface area contributed by atoms with Gasteiger partial charge in [-0.2, -0.15) is 0 Å². The molecule has 0 fully saturated rings. The number of rotatable bonds is 4. The minimum absolute atomic E-state index is 0.0665. The smallest absolute Gasteiger partial charge is 0.230 e. The van der Waals surface area contributed by atoms with Crippen LogP contribution in [0.25, 0.3) is 11.3 Å². The Morgan fingerprint density at radius 2 is 1.82 bits per heavy atom. The number of nitrogens with zero attached hydrogens (tertiary/aromatic N) is 1. The van der Waals surface area contributed by atoms with E-state index in [9.17, 15) is 4.79 Å². The Morgan fingerprint density at radius 3 is 2.55 bits per heavy atom. The van der Waals surface area contributed by atoms with E-state index in [1.165, 1.54) is 11.3 Å². The number of aromatic nitrogens is 1. The third-order valence-corrected chi connectivity index (χ3v) is 4.11. The first-order valence-electron chi connectivity index (χ1n) is 6.76. The average molecular weight is 329 g/mol. The zero-order valence-electron chi connectivity index (χ0n) is 11.6. The van der Waals surface area contributed by atoms with E-state index < -0.39 is 0 Å². The Hall–Kier alpha value is -2.17. The first-order valence-corrected chi connectivity index (χ1v) is 8.02. The molecule has 0 aliphatic rings. The van der Waals surface area contributed by atoms with E-state index in [4.69, 9.17) is 11.6 Å². The number of carbonyl (C=O) groups is 1. The molecule has 0 aliphatic carbocycles. The van der Waals surface area contributed by atoms with Crippen LogP contribution in [0.2, 0.25) is 5.02 Å². The van der Waals surface area contributed by atoms with Crippen molar-refractivity contribution in [3.8, 4) is 11.3 Å². The van der Waals surface area contributed by atoms with Crippen molar-refractivity contribution < 1.29 is 4.79 Å². The maximum Gasteiger partial charge on any atom is 0.230 e. The second-order valence-corrected chi connectivity index (χ2v) is 6.05. The molecule has 1 amide bonds. The van der Waals surface area contributed by atoms with Crippen LogP contribution in [0.4, 0.5) is 5.13 Å². The number of nitrogens with one attached hydrogen (secondary N) is 1. The lowest BCUT2D eigenvalue weighted by Gasteiger charge is -2.01. The van der Waals surface area contributed by atoms with Crippen molar-refractivity contribution in [3.05, 3.63) is 70.6 Å². The third-order valence-electron chi connectivity index (χ3n) is 3.10. The molecule has 1 aromatic heterocycles. The zero-order chi connectivity index (χ0) is 15.4. The number of benzene rings is 2. The normalized spacial score (nSPS) is 10.4. The van der Waals surface area contributed by atoms with Crippen LogP contribution < -0.4 is 5.32 Å². The SMILES string of the molecule is O=C(Cc1ccccc1)Nc1nc(-c2ccc(Cl)cc2)cs1. The lowest BCUT2D eigenvalue weighted by Crippen LogP contribution is -2.14. The van der Waals surface area contributed by atoms with Crippen LogP contribution in [0.3, 0.4) is 0 Å². The summed E-state index contributed by atoms with van der Waals surface area (Å²) in [6, 6.07) is 17.1. The highest BCUT2D eigenvalue weighted by Crippen LogP contribution is 2.26. The summed E-state index contributed by atoms with van der Waals surface area (Å²) in [4.78, 5) is 16.4. The molecule has 0 unspecified atom stereocenters. The molecule has 3 aromatic rings. The van der Waals surface area contributed by atoms with Crippen LogP contribution in [0.15, 0.2) is 60.0 Å². The van der Waals surface area contributed by atoms with Gasteiger partial charge in [-0.05, 0) is 17.7 Å². The minimum atomic E-state index is -0.0665. The molecule has 0 radical (unpaired) electrons. The topological polar surface area (TPSA) is 42.0 Å². The molecule has 2 aromatic carbocycles. The van der Waals surface area contributed by atoms with Gasteiger partial charge < -0.3 is 5.32 Å². The van der Waals surface area contributed by atoms with Crippen molar-refractivity contribution in [2.24, 2.45) is 0 Å². The highest BCUT2D eigenvalue weighted by Gasteiger charge is 2.08. The van der Waals surface area contributed by atoms with E-state index >= 15 is 0 Å². The number of halogens is 1. The van der Waals surface area contributed by atoms with Crippen molar-refractivity contribution >= 4 is 34.0 Å². The van der Waals surface area contributed by atoms with Gasteiger partial charge in [0.05, 0.1) is 12.1 Å². The number of amides is 1. The summed E-state index contributed by atoms with van der Waals surface area (Å²) in [5.41, 5.74) is 2.79. The van der Waals surface area contributed by atoms with Crippen LogP contribution in [0.5, 0.6) is 0 Å². The second-order valence-electron chi connectivity index (χ2n) is 4.76. The second kappa shape index (κ2) is 6.73. The highest BCUT2D eigenvalue weighted by atomic mass is 35.5. The number of carbonyl (C=O) groups excluding carboxylic acids is 1. The van der Waals surface area contributed by atoms with Crippen LogP contribution in [0, 0.1) is 0 Å². The molecule has 1 N–H and O–H groups in total. The standard InChI is InChI=1S/C17H13ClN2OS/c18-14-8-6-13(7-9-14)15-11-22-17(19-15)20-16(21)10-12-4-2-1-3-5-12/h1-9,11H,10H2,(H,19,20,21). The molecule has 3 rings (SSSR count). The predicted octanol–water partition coefficient (Wildman–Crippen LogP) is 4.64. The van der Waals surface area contributed by atoms with Gasteiger partial charge in [0, 0.05) is 16.0 Å². The minimum Gasteiger partial charge on any atom is -0.302 e. The third kappa shape index (κ3) is 3.72. The molecule has 3 nitrogen and oxygen atoms in total. The largest absolute Gasteiger partial charge is 0.302 e. The predicted molar refractivity (Wildman–Crippen MR) is 91.3 cm³/mol. The molecular formula is C17H13ClN2OS. The van der Waals surface area contributed by atoms with Crippen molar-refractivity contribution in [1.29, 1.82) is 0 Å². The summed E-state index contributed by atoms with van der Waals surface area (Å²) in [7, 11) is 0. The summed E-state index contributed by atoms with van der Waals surface area (Å²) in [5, 5.41) is 6.05. The van der Waals surface area contributed by atoms with E-state index in [0.717, 1.165) is 16.8 Å². The first-order chi connectivity index (χ1) is 10.7. The molecule has 1 heterocycles. The van der Waals surface area contributed by atoms with E-state index in [-0.39, 0.29) is 5.91 Å². The molecule has 5 heteroatoms. The lowest BCUT2D eigenvalue weighted by atomic mass is 10.1. The summed E-state index contributed by atoms with van der Waals surface area (Å²) in [5.74, 6) is -0.0665. The summed E-state index contributed by atoms with van der Waals surface area (Å²) < 4.78 is 0. The number of hydrogen-bond donors (Lipinski definition) is 1. The van der Waals surface area contributed by atoms with E-state index in [1.54, 1.807) is 0 Å². The number of hydrogen-bond acceptors (Lipinski definition) is 3. The Labute approximate surface area is 137 Å². The van der Waals surface area contributed by atoms with Crippen LogP contribution in [-0.2, 0) is 11.2 Å². The molecule has 0 saturated carbocycles. The number of thiazole rings is 1. The Bertz CT molecular complexity index is 769.